The normalized spacial score (nSPS) is 10.5. The molecular formula is C18H16O5. The zero-order chi connectivity index (χ0) is 16.7. The quantitative estimate of drug-likeness (QED) is 0.628. The van der Waals surface area contributed by atoms with Gasteiger partial charge in [0.05, 0.1) is 7.11 Å². The van der Waals surface area contributed by atoms with E-state index < -0.39 is 11.8 Å². The first kappa shape index (κ1) is 16.3. The molecule has 0 saturated heterocycles. The summed E-state index contributed by atoms with van der Waals surface area (Å²) >= 11 is 0. The number of ketones is 1. The van der Waals surface area contributed by atoms with Gasteiger partial charge in [-0.1, -0.05) is 42.5 Å². The third kappa shape index (κ3) is 4.71. The molecule has 0 aliphatic carbocycles. The van der Waals surface area contributed by atoms with Crippen LogP contribution in [0.4, 0.5) is 0 Å². The maximum absolute atomic E-state index is 11.1. The third-order valence-corrected chi connectivity index (χ3v) is 3.06. The Morgan fingerprint density at radius 2 is 1.83 bits per heavy atom. The summed E-state index contributed by atoms with van der Waals surface area (Å²) in [5, 5.41) is 8.56. The highest BCUT2D eigenvalue weighted by Crippen LogP contribution is 2.29. The Bertz CT molecular complexity index is 719. The minimum absolute atomic E-state index is 0.373. The highest BCUT2D eigenvalue weighted by Gasteiger charge is 2.08. The van der Waals surface area contributed by atoms with E-state index in [2.05, 4.69) is 0 Å². The van der Waals surface area contributed by atoms with Crippen LogP contribution in [0.3, 0.4) is 0 Å². The number of aliphatic carboxylic acids is 1. The molecule has 2 aromatic rings. The van der Waals surface area contributed by atoms with Gasteiger partial charge in [0, 0.05) is 0 Å². The lowest BCUT2D eigenvalue weighted by molar-refractivity contribution is -0.146. The van der Waals surface area contributed by atoms with E-state index in [1.54, 1.807) is 18.2 Å². The van der Waals surface area contributed by atoms with Gasteiger partial charge < -0.3 is 14.6 Å². The molecule has 2 aromatic carbocycles. The number of hydrogen-bond donors (Lipinski definition) is 1. The van der Waals surface area contributed by atoms with Gasteiger partial charge in [0.15, 0.2) is 11.5 Å². The standard InChI is InChI=1S/C18H16O5/c1-22-16-10-8-13(7-9-15(19)18(20)21)11-17(16)23-12-14-5-3-2-4-6-14/h2-11H,12H2,1H3,(H,20,21)/b9-7+. The van der Waals surface area contributed by atoms with Crippen LogP contribution >= 0.6 is 0 Å². The SMILES string of the molecule is COc1ccc(/C=C/C(=O)C(=O)O)cc1OCc1ccccc1. The number of hydrogen-bond acceptors (Lipinski definition) is 4. The summed E-state index contributed by atoms with van der Waals surface area (Å²) in [5.74, 6) is -1.40. The lowest BCUT2D eigenvalue weighted by Gasteiger charge is -2.11. The summed E-state index contributed by atoms with van der Waals surface area (Å²) in [7, 11) is 1.54. The molecule has 0 aromatic heterocycles. The average Bonchev–Trinajstić information content (AvgIpc) is 2.58. The van der Waals surface area contributed by atoms with E-state index in [9.17, 15) is 9.59 Å². The van der Waals surface area contributed by atoms with Crippen molar-refractivity contribution in [1.29, 1.82) is 0 Å². The molecule has 0 spiro atoms. The first-order valence-electron chi connectivity index (χ1n) is 6.90. The molecule has 0 aliphatic heterocycles. The monoisotopic (exact) mass is 312 g/mol. The maximum Gasteiger partial charge on any atom is 0.376 e. The van der Waals surface area contributed by atoms with E-state index in [1.807, 2.05) is 30.3 Å². The average molecular weight is 312 g/mol. The molecule has 23 heavy (non-hydrogen) atoms. The zero-order valence-electron chi connectivity index (χ0n) is 12.6. The number of carboxylic acids is 1. The molecule has 1 N–H and O–H groups in total. The van der Waals surface area contributed by atoms with Crippen LogP contribution in [-0.2, 0) is 16.2 Å². The summed E-state index contributed by atoms with van der Waals surface area (Å²) in [4.78, 5) is 21.6. The number of benzene rings is 2. The highest BCUT2D eigenvalue weighted by molar-refractivity contribution is 6.38. The van der Waals surface area contributed by atoms with Crippen LogP contribution in [0.1, 0.15) is 11.1 Å². The van der Waals surface area contributed by atoms with E-state index in [-0.39, 0.29) is 0 Å². The number of ether oxygens (including phenoxy) is 2. The Labute approximate surface area is 133 Å². The van der Waals surface area contributed by atoms with Gasteiger partial charge in [0.1, 0.15) is 6.61 Å². The van der Waals surface area contributed by atoms with Gasteiger partial charge in [-0.2, -0.15) is 0 Å². The minimum atomic E-state index is -1.49. The molecule has 0 amide bonds. The first-order chi connectivity index (χ1) is 11.1. The molecule has 0 saturated carbocycles. The molecule has 0 aliphatic rings. The maximum atomic E-state index is 11.1. The van der Waals surface area contributed by atoms with Crippen molar-refractivity contribution in [3.05, 3.63) is 65.7 Å². The van der Waals surface area contributed by atoms with Crippen LogP contribution in [0.5, 0.6) is 11.5 Å². The summed E-state index contributed by atoms with van der Waals surface area (Å²) < 4.78 is 11.0. The van der Waals surface area contributed by atoms with E-state index in [1.165, 1.54) is 13.2 Å². The van der Waals surface area contributed by atoms with Gasteiger partial charge in [-0.3, -0.25) is 4.79 Å². The van der Waals surface area contributed by atoms with Gasteiger partial charge in [-0.05, 0) is 29.3 Å². The molecule has 0 atom stereocenters. The second-order valence-corrected chi connectivity index (χ2v) is 4.69. The number of methoxy groups -OCH3 is 1. The van der Waals surface area contributed by atoms with Crippen LogP contribution in [0.15, 0.2) is 54.6 Å². The second-order valence-electron chi connectivity index (χ2n) is 4.69. The number of carbonyl (C=O) groups is 2. The Morgan fingerprint density at radius 3 is 2.48 bits per heavy atom. The molecule has 2 rings (SSSR count). The van der Waals surface area contributed by atoms with Crippen molar-refractivity contribution in [3.8, 4) is 11.5 Å². The third-order valence-electron chi connectivity index (χ3n) is 3.06. The smallest absolute Gasteiger partial charge is 0.376 e. The van der Waals surface area contributed by atoms with Crippen molar-refractivity contribution in [2.45, 2.75) is 6.61 Å². The molecule has 5 heteroatoms. The molecule has 118 valence electrons. The van der Waals surface area contributed by atoms with E-state index in [0.29, 0.717) is 23.7 Å². The predicted molar refractivity (Wildman–Crippen MR) is 85.4 cm³/mol. The Balaban J connectivity index is 2.15. The Kier molecular flexibility index (Phi) is 5.52. The van der Waals surface area contributed by atoms with Crippen LogP contribution in [0, 0.1) is 0 Å². The van der Waals surface area contributed by atoms with Crippen LogP contribution < -0.4 is 9.47 Å². The summed E-state index contributed by atoms with van der Waals surface area (Å²) in [5.41, 5.74) is 1.65. The summed E-state index contributed by atoms with van der Waals surface area (Å²) in [6.45, 7) is 0.373. The van der Waals surface area contributed by atoms with Crippen LogP contribution in [0.2, 0.25) is 0 Å². The zero-order valence-corrected chi connectivity index (χ0v) is 12.6. The van der Waals surface area contributed by atoms with Gasteiger partial charge in [0.25, 0.3) is 5.78 Å². The molecule has 0 bridgehead atoms. The van der Waals surface area contributed by atoms with Crippen molar-refractivity contribution in [2.75, 3.05) is 7.11 Å². The number of carboxylic acid groups (broad SMARTS) is 1. The second kappa shape index (κ2) is 7.79. The van der Waals surface area contributed by atoms with Crippen molar-refractivity contribution >= 4 is 17.8 Å². The number of carbonyl (C=O) groups excluding carboxylic acids is 1. The lowest BCUT2D eigenvalue weighted by atomic mass is 10.1. The summed E-state index contributed by atoms with van der Waals surface area (Å²) in [6.07, 6.45) is 2.43. The molecule has 0 radical (unpaired) electrons. The molecule has 0 fully saturated rings. The molecule has 5 nitrogen and oxygen atoms in total. The van der Waals surface area contributed by atoms with Gasteiger partial charge in [-0.15, -0.1) is 0 Å². The minimum Gasteiger partial charge on any atom is -0.493 e. The van der Waals surface area contributed by atoms with Crippen LogP contribution in [0.25, 0.3) is 6.08 Å². The largest absolute Gasteiger partial charge is 0.493 e. The van der Waals surface area contributed by atoms with Crippen molar-refractivity contribution in [2.24, 2.45) is 0 Å². The highest BCUT2D eigenvalue weighted by atomic mass is 16.5. The van der Waals surface area contributed by atoms with Crippen molar-refractivity contribution in [3.63, 3.8) is 0 Å². The molecule has 0 unspecified atom stereocenters. The fourth-order valence-corrected chi connectivity index (χ4v) is 1.89. The number of rotatable bonds is 7. The van der Waals surface area contributed by atoms with Crippen molar-refractivity contribution < 1.29 is 24.2 Å². The van der Waals surface area contributed by atoms with Gasteiger partial charge in [0.2, 0.25) is 0 Å². The molecule has 0 heterocycles. The lowest BCUT2D eigenvalue weighted by Crippen LogP contribution is -2.08. The van der Waals surface area contributed by atoms with Crippen molar-refractivity contribution in [1.82, 2.24) is 0 Å². The van der Waals surface area contributed by atoms with E-state index in [0.717, 1.165) is 11.6 Å². The fraction of sp³-hybridized carbons (Fsp3) is 0.111. The predicted octanol–water partition coefficient (Wildman–Crippen LogP) is 2.94. The fourth-order valence-electron chi connectivity index (χ4n) is 1.89. The topological polar surface area (TPSA) is 72.8 Å². The van der Waals surface area contributed by atoms with Gasteiger partial charge in [-0.25, -0.2) is 4.79 Å². The van der Waals surface area contributed by atoms with Crippen LogP contribution in [-0.4, -0.2) is 24.0 Å². The van der Waals surface area contributed by atoms with Gasteiger partial charge >= 0.3 is 5.97 Å². The van der Waals surface area contributed by atoms with E-state index >= 15 is 0 Å². The Hall–Kier alpha value is -3.08. The Morgan fingerprint density at radius 1 is 1.09 bits per heavy atom. The summed E-state index contributed by atoms with van der Waals surface area (Å²) in [6, 6.07) is 14.8. The first-order valence-corrected chi connectivity index (χ1v) is 6.90. The van der Waals surface area contributed by atoms with E-state index in [4.69, 9.17) is 14.6 Å². The molecular weight excluding hydrogens is 296 g/mol.